The topological polar surface area (TPSA) is 123 Å². The molecule has 6 rings (SSSR count). The number of nitrogens with zero attached hydrogens (tertiary/aromatic N) is 3. The third-order valence-electron chi connectivity index (χ3n) is 8.46. The second-order valence-corrected chi connectivity index (χ2v) is 10.9. The zero-order chi connectivity index (χ0) is 26.2. The van der Waals surface area contributed by atoms with Gasteiger partial charge in [-0.3, -0.25) is 34.1 Å². The normalized spacial score (nSPS) is 25.8. The van der Waals surface area contributed by atoms with Crippen LogP contribution in [0.1, 0.15) is 89.6 Å². The molecule has 0 spiro atoms. The van der Waals surface area contributed by atoms with Crippen molar-refractivity contribution >= 4 is 29.3 Å². The van der Waals surface area contributed by atoms with Crippen molar-refractivity contribution in [3.63, 3.8) is 0 Å². The molecule has 4 heterocycles. The van der Waals surface area contributed by atoms with Gasteiger partial charge in [-0.1, -0.05) is 0 Å². The average molecular weight is 520 g/mol. The summed E-state index contributed by atoms with van der Waals surface area (Å²) in [5, 5.41) is 10.2. The maximum absolute atomic E-state index is 13.0. The highest BCUT2D eigenvalue weighted by atomic mass is 16.5. The van der Waals surface area contributed by atoms with Crippen LogP contribution in [0.15, 0.2) is 30.6 Å². The van der Waals surface area contributed by atoms with Crippen molar-refractivity contribution in [1.29, 1.82) is 0 Å². The van der Waals surface area contributed by atoms with Crippen LogP contribution in [0.2, 0.25) is 0 Å². The van der Waals surface area contributed by atoms with Crippen LogP contribution in [0.4, 0.5) is 5.69 Å². The van der Waals surface area contributed by atoms with Crippen LogP contribution >= 0.6 is 0 Å². The molecule has 2 N–H and O–H groups in total. The molecule has 1 aliphatic carbocycles. The quantitative estimate of drug-likeness (QED) is 0.406. The number of hydrogen-bond donors (Lipinski definition) is 2. The molecule has 1 aromatic heterocycles. The van der Waals surface area contributed by atoms with E-state index in [9.17, 15) is 19.2 Å². The van der Waals surface area contributed by atoms with Gasteiger partial charge < -0.3 is 10.1 Å². The molecular weight excluding hydrogens is 486 g/mol. The second kappa shape index (κ2) is 10.3. The Bertz CT molecular complexity index is 1260. The Morgan fingerprint density at radius 3 is 2.61 bits per heavy atom. The van der Waals surface area contributed by atoms with Crippen LogP contribution in [-0.4, -0.2) is 64.1 Å². The minimum Gasteiger partial charge on any atom is -0.385 e. The van der Waals surface area contributed by atoms with Gasteiger partial charge >= 0.3 is 0 Å². The molecular formula is C28H33N5O5. The van der Waals surface area contributed by atoms with Crippen molar-refractivity contribution in [3.05, 3.63) is 47.3 Å². The Hall–Kier alpha value is -3.53. The molecule has 1 atom stereocenters. The van der Waals surface area contributed by atoms with Gasteiger partial charge in [0.05, 0.1) is 23.4 Å². The molecule has 4 aliphatic rings. The number of anilines is 1. The Morgan fingerprint density at radius 2 is 1.82 bits per heavy atom. The van der Waals surface area contributed by atoms with Gasteiger partial charge in [-0.25, -0.2) is 0 Å². The molecule has 0 bridgehead atoms. The van der Waals surface area contributed by atoms with E-state index in [2.05, 4.69) is 26.6 Å². The molecule has 3 aliphatic heterocycles. The maximum atomic E-state index is 13.0. The lowest BCUT2D eigenvalue weighted by atomic mass is 9.77. The van der Waals surface area contributed by atoms with Gasteiger partial charge in [0.15, 0.2) is 0 Å². The molecule has 2 saturated heterocycles. The van der Waals surface area contributed by atoms with Crippen molar-refractivity contribution in [1.82, 2.24) is 20.0 Å². The standard InChI is InChI=1S/C28H33N5O5/c34-25-6-5-24(26(35)31-25)33-27(36)22-4-3-20(14-23(22)28(33)37)29-9-1-2-17-12-21(13-17)32-16-19(15-30-32)18-7-10-38-11-8-18/h3-4,14-18,21,24,29H,1-2,5-13H2,(H,31,34,35). The molecule has 1 aromatic carbocycles. The number of nitrogens with one attached hydrogen (secondary N) is 2. The molecule has 3 fully saturated rings. The first-order valence-corrected chi connectivity index (χ1v) is 13.7. The van der Waals surface area contributed by atoms with E-state index in [-0.39, 0.29) is 18.7 Å². The summed E-state index contributed by atoms with van der Waals surface area (Å²) in [6.45, 7) is 2.46. The zero-order valence-electron chi connectivity index (χ0n) is 21.4. The van der Waals surface area contributed by atoms with Gasteiger partial charge in [-0.05, 0) is 80.5 Å². The van der Waals surface area contributed by atoms with Crippen molar-refractivity contribution in [2.75, 3.05) is 25.1 Å². The first-order valence-electron chi connectivity index (χ1n) is 13.7. The first kappa shape index (κ1) is 24.8. The van der Waals surface area contributed by atoms with E-state index < -0.39 is 23.8 Å². The molecule has 1 unspecified atom stereocenters. The van der Waals surface area contributed by atoms with E-state index in [0.717, 1.165) is 68.9 Å². The highest BCUT2D eigenvalue weighted by Crippen LogP contribution is 2.41. The number of imide groups is 2. The molecule has 2 aromatic rings. The molecule has 10 nitrogen and oxygen atoms in total. The zero-order valence-corrected chi connectivity index (χ0v) is 21.4. The van der Waals surface area contributed by atoms with E-state index in [0.29, 0.717) is 29.0 Å². The number of aromatic nitrogens is 2. The Labute approximate surface area is 221 Å². The smallest absolute Gasteiger partial charge is 0.262 e. The van der Waals surface area contributed by atoms with Crippen LogP contribution in [0.25, 0.3) is 0 Å². The molecule has 38 heavy (non-hydrogen) atoms. The number of hydrogen-bond acceptors (Lipinski definition) is 7. The minimum absolute atomic E-state index is 0.109. The van der Waals surface area contributed by atoms with E-state index in [1.807, 2.05) is 6.20 Å². The van der Waals surface area contributed by atoms with Gasteiger partial charge in [0.2, 0.25) is 11.8 Å². The highest BCUT2D eigenvalue weighted by molar-refractivity contribution is 6.23. The second-order valence-electron chi connectivity index (χ2n) is 10.9. The van der Waals surface area contributed by atoms with Crippen LogP contribution in [0.3, 0.4) is 0 Å². The number of piperidine rings is 1. The van der Waals surface area contributed by atoms with E-state index in [1.165, 1.54) is 5.56 Å². The maximum Gasteiger partial charge on any atom is 0.262 e. The molecule has 1 saturated carbocycles. The summed E-state index contributed by atoms with van der Waals surface area (Å²) in [5.41, 5.74) is 2.71. The minimum atomic E-state index is -0.946. The van der Waals surface area contributed by atoms with Crippen LogP contribution < -0.4 is 10.6 Å². The number of rotatable bonds is 8. The van der Waals surface area contributed by atoms with Gasteiger partial charge in [-0.15, -0.1) is 0 Å². The van der Waals surface area contributed by atoms with E-state index >= 15 is 0 Å². The number of fused-ring (bicyclic) bond motifs is 1. The molecule has 10 heteroatoms. The van der Waals surface area contributed by atoms with Gasteiger partial charge in [0, 0.05) is 38.1 Å². The number of benzene rings is 1. The van der Waals surface area contributed by atoms with Crippen LogP contribution in [0, 0.1) is 5.92 Å². The van der Waals surface area contributed by atoms with Gasteiger partial charge in [0.1, 0.15) is 6.04 Å². The third-order valence-corrected chi connectivity index (χ3v) is 8.46. The van der Waals surface area contributed by atoms with E-state index in [4.69, 9.17) is 4.74 Å². The predicted molar refractivity (Wildman–Crippen MR) is 138 cm³/mol. The Balaban J connectivity index is 0.961. The molecule has 0 radical (unpaired) electrons. The fourth-order valence-electron chi connectivity index (χ4n) is 6.15. The molecule has 200 valence electrons. The summed E-state index contributed by atoms with van der Waals surface area (Å²) >= 11 is 0. The SMILES string of the molecule is O=C1CCC(N2C(=O)c3ccc(NCCCC4CC(n5cc(C6CCOCC6)cn5)C4)cc3C2=O)C(=O)N1. The van der Waals surface area contributed by atoms with Crippen LogP contribution in [0.5, 0.6) is 0 Å². The van der Waals surface area contributed by atoms with Crippen molar-refractivity contribution < 1.29 is 23.9 Å². The highest BCUT2D eigenvalue weighted by Gasteiger charge is 2.44. The van der Waals surface area contributed by atoms with E-state index in [1.54, 1.807) is 18.2 Å². The lowest BCUT2D eigenvalue weighted by Crippen LogP contribution is -2.54. The van der Waals surface area contributed by atoms with Crippen molar-refractivity contribution in [3.8, 4) is 0 Å². The monoisotopic (exact) mass is 519 g/mol. The van der Waals surface area contributed by atoms with Gasteiger partial charge in [0.25, 0.3) is 11.8 Å². The lowest BCUT2D eigenvalue weighted by molar-refractivity contribution is -0.136. The Kier molecular flexibility index (Phi) is 6.73. The largest absolute Gasteiger partial charge is 0.385 e. The van der Waals surface area contributed by atoms with Crippen molar-refractivity contribution in [2.24, 2.45) is 5.92 Å². The predicted octanol–water partition coefficient (Wildman–Crippen LogP) is 3.02. The van der Waals surface area contributed by atoms with Crippen LogP contribution in [-0.2, 0) is 14.3 Å². The third kappa shape index (κ3) is 4.73. The fraction of sp³-hybridized carbons (Fsp3) is 0.536. The summed E-state index contributed by atoms with van der Waals surface area (Å²) in [5.74, 6) is -0.677. The lowest BCUT2D eigenvalue weighted by Gasteiger charge is -2.35. The first-order chi connectivity index (χ1) is 18.5. The summed E-state index contributed by atoms with van der Waals surface area (Å²) < 4.78 is 7.63. The average Bonchev–Trinajstić information content (AvgIpc) is 3.47. The number of amides is 4. The summed E-state index contributed by atoms with van der Waals surface area (Å²) in [4.78, 5) is 50.5. The summed E-state index contributed by atoms with van der Waals surface area (Å²) in [6.07, 6.45) is 11.1. The number of carbonyl (C=O) groups is 4. The number of ether oxygens (including phenoxy) is 1. The Morgan fingerprint density at radius 1 is 1.03 bits per heavy atom. The summed E-state index contributed by atoms with van der Waals surface area (Å²) in [7, 11) is 0. The number of carbonyl (C=O) groups excluding carboxylic acids is 4. The fourth-order valence-corrected chi connectivity index (χ4v) is 6.15. The van der Waals surface area contributed by atoms with Gasteiger partial charge in [-0.2, -0.15) is 5.10 Å². The summed E-state index contributed by atoms with van der Waals surface area (Å²) in [6, 6.07) is 4.67. The van der Waals surface area contributed by atoms with Crippen molar-refractivity contribution in [2.45, 2.75) is 69.4 Å². The molecule has 4 amide bonds.